The first kappa shape index (κ1) is 54.7. The van der Waals surface area contributed by atoms with Gasteiger partial charge in [-0.25, -0.2) is 19.3 Å². The van der Waals surface area contributed by atoms with Gasteiger partial charge < -0.3 is 46.2 Å². The highest BCUT2D eigenvalue weighted by atomic mass is 35.5. The van der Waals surface area contributed by atoms with Crippen molar-refractivity contribution >= 4 is 69.8 Å². The summed E-state index contributed by atoms with van der Waals surface area (Å²) in [5.74, 6) is -0.261. The first-order valence-electron chi connectivity index (χ1n) is 26.5. The van der Waals surface area contributed by atoms with Crippen LogP contribution in [0.3, 0.4) is 0 Å². The number of aromatic nitrogens is 3. The highest BCUT2D eigenvalue weighted by Gasteiger charge is 2.53. The second kappa shape index (κ2) is 22.9. The van der Waals surface area contributed by atoms with Crippen LogP contribution in [0, 0.1) is 23.7 Å². The summed E-state index contributed by atoms with van der Waals surface area (Å²) in [6, 6.07) is 9.91. The molecule has 0 bridgehead atoms. The molecular weight excluding hydrogens is 1020 g/mol. The lowest BCUT2D eigenvalue weighted by Crippen LogP contribution is -2.59. The maximum atomic E-state index is 14.7. The largest absolute Gasteiger partial charge is 0.490 e. The highest BCUT2D eigenvalue weighted by Crippen LogP contribution is 2.42. The van der Waals surface area contributed by atoms with Crippen LogP contribution in [-0.2, 0) is 25.7 Å². The van der Waals surface area contributed by atoms with Gasteiger partial charge in [0.05, 0.1) is 51.4 Å². The number of likely N-dealkylation sites (tertiary alicyclic amines) is 2. The lowest BCUT2D eigenvalue weighted by molar-refractivity contribution is -0.145. The number of benzene rings is 2. The number of amides is 4. The molecule has 5 fully saturated rings. The Morgan fingerprint density at radius 1 is 0.987 bits per heavy atom. The Morgan fingerprint density at radius 2 is 1.72 bits per heavy atom. The topological polar surface area (TPSA) is 208 Å². The molecule has 5 heterocycles. The van der Waals surface area contributed by atoms with Gasteiger partial charge in [0.1, 0.15) is 28.7 Å². The minimum absolute atomic E-state index is 0.0190. The van der Waals surface area contributed by atoms with Crippen molar-refractivity contribution in [1.29, 1.82) is 0 Å². The zero-order valence-corrected chi connectivity index (χ0v) is 46.1. The van der Waals surface area contributed by atoms with Crippen molar-refractivity contribution in [1.82, 2.24) is 35.4 Å². The SMILES string of the molecule is Cc1ncsc1-c1ccc(CNC(=O)[C@@H]2C[C@@H](O)CN2C(=O)[C@@H](NC(=O)C2(F)CC2)C(C)(C)C)c(OC2CCC(C(=O)N3CCC(Nc4cccc(Sc5cnc(N6CCC(C)(CN)CC6)cn5)c4Cl)CC3)CC2)c1. The van der Waals surface area contributed by atoms with Crippen LogP contribution < -0.4 is 31.3 Å². The van der Waals surface area contributed by atoms with Gasteiger partial charge in [0.15, 0.2) is 5.67 Å². The monoisotopic (exact) mass is 1090 g/mol. The number of carbonyl (C=O) groups is 4. The predicted octanol–water partition coefficient (Wildman–Crippen LogP) is 7.93. The summed E-state index contributed by atoms with van der Waals surface area (Å²) in [6.45, 7) is 13.3. The van der Waals surface area contributed by atoms with Crippen molar-refractivity contribution in [2.24, 2.45) is 22.5 Å². The van der Waals surface area contributed by atoms with E-state index >= 15 is 0 Å². The summed E-state index contributed by atoms with van der Waals surface area (Å²) in [4.78, 5) is 76.1. The molecule has 6 N–H and O–H groups in total. The van der Waals surface area contributed by atoms with Crippen LogP contribution >= 0.6 is 34.7 Å². The molecule has 20 heteroatoms. The van der Waals surface area contributed by atoms with E-state index in [4.69, 9.17) is 32.0 Å². The summed E-state index contributed by atoms with van der Waals surface area (Å²) in [5, 5.41) is 21.4. The summed E-state index contributed by atoms with van der Waals surface area (Å²) in [6.07, 6.45) is 9.19. The molecule has 4 amide bonds. The van der Waals surface area contributed by atoms with Crippen LogP contribution in [0.5, 0.6) is 5.75 Å². The average molecular weight is 1090 g/mol. The molecule has 3 saturated heterocycles. The highest BCUT2D eigenvalue weighted by molar-refractivity contribution is 7.99. The van der Waals surface area contributed by atoms with E-state index in [0.29, 0.717) is 56.1 Å². The first-order chi connectivity index (χ1) is 35.8. The molecule has 0 unspecified atom stereocenters. The molecular formula is C55H72ClFN10O6S2. The second-order valence-electron chi connectivity index (χ2n) is 22.7. The molecule has 4 aromatic rings. The molecule has 2 aromatic carbocycles. The van der Waals surface area contributed by atoms with E-state index in [1.54, 1.807) is 26.3 Å². The van der Waals surface area contributed by atoms with Crippen molar-refractivity contribution in [3.05, 3.63) is 70.6 Å². The van der Waals surface area contributed by atoms with Crippen molar-refractivity contribution in [2.75, 3.05) is 49.5 Å². The number of hydrogen-bond acceptors (Lipinski definition) is 14. The van der Waals surface area contributed by atoms with Gasteiger partial charge in [-0.15, -0.1) is 11.3 Å². The van der Waals surface area contributed by atoms with Gasteiger partial charge in [-0.1, -0.05) is 69.3 Å². The number of hydrogen-bond donors (Lipinski definition) is 5. The lowest BCUT2D eigenvalue weighted by atomic mass is 9.80. The van der Waals surface area contributed by atoms with Crippen molar-refractivity contribution in [3.63, 3.8) is 0 Å². The first-order valence-corrected chi connectivity index (χ1v) is 28.6. The number of thiazole rings is 1. The molecule has 5 aliphatic rings. The Labute approximate surface area is 452 Å². The van der Waals surface area contributed by atoms with Crippen molar-refractivity contribution in [2.45, 2.75) is 158 Å². The fourth-order valence-electron chi connectivity index (χ4n) is 10.7. The van der Waals surface area contributed by atoms with E-state index in [1.807, 2.05) is 60.6 Å². The second-order valence-corrected chi connectivity index (χ2v) is 25.0. The van der Waals surface area contributed by atoms with Gasteiger partial charge in [0.2, 0.25) is 17.7 Å². The normalized spacial score (nSPS) is 23.1. The number of aryl methyl sites for hydroxylation is 1. The number of nitrogens with one attached hydrogen (secondary N) is 3. The Bertz CT molecular complexity index is 2700. The molecule has 2 aliphatic carbocycles. The Kier molecular flexibility index (Phi) is 16.7. The quantitative estimate of drug-likeness (QED) is 0.0724. The number of alkyl halides is 1. The third-order valence-electron chi connectivity index (χ3n) is 15.9. The van der Waals surface area contributed by atoms with Gasteiger partial charge >= 0.3 is 0 Å². The minimum atomic E-state index is -1.98. The number of aliphatic hydroxyl groups excluding tert-OH is 1. The van der Waals surface area contributed by atoms with Gasteiger partial charge in [0, 0.05) is 68.1 Å². The maximum absolute atomic E-state index is 14.7. The number of anilines is 2. The van der Waals surface area contributed by atoms with Crippen LogP contribution in [0.2, 0.25) is 5.02 Å². The van der Waals surface area contributed by atoms with E-state index in [0.717, 1.165) is 81.9 Å². The summed E-state index contributed by atoms with van der Waals surface area (Å²) in [7, 11) is 0. The van der Waals surface area contributed by atoms with E-state index < -0.39 is 47.0 Å². The van der Waals surface area contributed by atoms with E-state index in [1.165, 1.54) is 28.0 Å². The average Bonchev–Trinajstić information content (AvgIpc) is 3.81. The van der Waals surface area contributed by atoms with Crippen molar-refractivity contribution < 1.29 is 33.4 Å². The van der Waals surface area contributed by atoms with Crippen LogP contribution in [0.1, 0.15) is 110 Å². The molecule has 3 atom stereocenters. The van der Waals surface area contributed by atoms with Gasteiger partial charge in [-0.2, -0.15) is 0 Å². The lowest BCUT2D eigenvalue weighted by Gasteiger charge is -2.39. The fourth-order valence-corrected chi connectivity index (χ4v) is 12.6. The molecule has 404 valence electrons. The van der Waals surface area contributed by atoms with Crippen LogP contribution in [-0.4, -0.2) is 129 Å². The fraction of sp³-hybridized carbons (Fsp3) is 0.582. The Morgan fingerprint density at radius 3 is 2.36 bits per heavy atom. The third-order valence-corrected chi connectivity index (χ3v) is 18.4. The summed E-state index contributed by atoms with van der Waals surface area (Å²) >= 11 is 10.0. The molecule has 9 rings (SSSR count). The number of ether oxygens (including phenoxy) is 1. The van der Waals surface area contributed by atoms with Crippen molar-refractivity contribution in [3.8, 4) is 16.2 Å². The number of piperidine rings is 2. The number of nitrogens with two attached hydrogens (primary N) is 1. The van der Waals surface area contributed by atoms with Crippen LogP contribution in [0.15, 0.2) is 64.2 Å². The molecule has 2 aromatic heterocycles. The minimum Gasteiger partial charge on any atom is -0.490 e. The Balaban J connectivity index is 0.769. The number of aliphatic hydroxyl groups is 1. The van der Waals surface area contributed by atoms with Gasteiger partial charge in [0.25, 0.3) is 5.91 Å². The molecule has 3 aliphatic heterocycles. The number of nitrogens with zero attached hydrogens (tertiary/aromatic N) is 6. The van der Waals surface area contributed by atoms with Crippen LogP contribution in [0.25, 0.3) is 10.4 Å². The predicted molar refractivity (Wildman–Crippen MR) is 291 cm³/mol. The zero-order valence-electron chi connectivity index (χ0n) is 43.7. The standard InChI is InChI=1S/C55H72ClFN10O6S2/c1-33-47(74-32-62-33)35-9-10-36(27-61-49(69)41-26-38(68)30-67(41)51(71)48(53(2,3)4)64-52(72)55(57)17-18-55)42(25-35)73-39-13-11-34(12-14-39)50(70)66-21-15-37(16-22-66)63-40-7-6-8-43(46(40)56)75-45-29-59-44(28-60-45)65-23-19-54(5,31-58)20-24-65/h6-10,25,28-29,32,34,37-39,41,48,63,68H,11-24,26-27,30-31,58H2,1-5H3,(H,61,69)(H,64,72)/t34?,38-,39?,41+,48-/m1/s1. The molecule has 16 nitrogen and oxygen atoms in total. The third kappa shape index (κ3) is 12.9. The van der Waals surface area contributed by atoms with Gasteiger partial charge in [-0.05, 0) is 112 Å². The molecule has 0 radical (unpaired) electrons. The summed E-state index contributed by atoms with van der Waals surface area (Å²) < 4.78 is 21.5. The van der Waals surface area contributed by atoms with Gasteiger partial charge in [-0.3, -0.25) is 19.2 Å². The molecule has 2 saturated carbocycles. The van der Waals surface area contributed by atoms with Crippen LogP contribution in [0.4, 0.5) is 15.9 Å². The summed E-state index contributed by atoms with van der Waals surface area (Å²) in [5.41, 5.74) is 8.64. The van der Waals surface area contributed by atoms with E-state index in [9.17, 15) is 28.7 Å². The Hall–Kier alpha value is -5.08. The number of β-amino-alcohol motifs (C(OH)–C–C–N with tert-alkyl or cyclic N) is 1. The number of carbonyl (C=O) groups excluding carboxylic acids is 4. The molecule has 75 heavy (non-hydrogen) atoms. The molecule has 0 spiro atoms. The smallest absolute Gasteiger partial charge is 0.258 e. The zero-order chi connectivity index (χ0) is 53.2. The van der Waals surface area contributed by atoms with E-state index in [-0.39, 0.29) is 61.7 Å². The maximum Gasteiger partial charge on any atom is 0.258 e. The van der Waals surface area contributed by atoms with E-state index in [2.05, 4.69) is 32.8 Å². The number of halogens is 2. The number of rotatable bonds is 16.